The molecule has 0 radical (unpaired) electrons. The van der Waals surface area contributed by atoms with Gasteiger partial charge in [-0.2, -0.15) is 0 Å². The zero-order valence-electron chi connectivity index (χ0n) is 19.1. The van der Waals surface area contributed by atoms with E-state index in [1.54, 1.807) is 29.2 Å². The van der Waals surface area contributed by atoms with E-state index in [-0.39, 0.29) is 24.3 Å². The van der Waals surface area contributed by atoms with E-state index in [0.717, 1.165) is 10.4 Å². The Hall–Kier alpha value is -3.10. The molecule has 1 saturated heterocycles. The number of anilines is 1. The lowest BCUT2D eigenvalue weighted by molar-refractivity contribution is -0.119. The SMILES string of the molecule is CCNC(=O)c1cc(-c2ccccc2)sc1NC(=O)C1CCN(C(=O)c2cccc(P(O)O)c2)C1. The molecule has 3 amide bonds. The number of benzene rings is 2. The Morgan fingerprint density at radius 2 is 1.86 bits per heavy atom. The number of carbonyl (C=O) groups excluding carboxylic acids is 3. The molecule has 0 spiro atoms. The summed E-state index contributed by atoms with van der Waals surface area (Å²) < 4.78 is 0. The van der Waals surface area contributed by atoms with Gasteiger partial charge in [-0.05, 0) is 43.2 Å². The van der Waals surface area contributed by atoms with Crippen LogP contribution in [-0.2, 0) is 4.79 Å². The van der Waals surface area contributed by atoms with Crippen LogP contribution in [0.25, 0.3) is 10.4 Å². The second kappa shape index (κ2) is 11.1. The van der Waals surface area contributed by atoms with Crippen LogP contribution in [0.15, 0.2) is 60.7 Å². The summed E-state index contributed by atoms with van der Waals surface area (Å²) in [5, 5.41) is 6.49. The Morgan fingerprint density at radius 1 is 1.09 bits per heavy atom. The maximum absolute atomic E-state index is 13.1. The summed E-state index contributed by atoms with van der Waals surface area (Å²) in [5.74, 6) is -1.17. The Kier molecular flexibility index (Phi) is 7.93. The Balaban J connectivity index is 1.48. The second-order valence-corrected chi connectivity index (χ2v) is 10.3. The standard InChI is InChI=1S/C25H26N3O5PS/c1-2-26-23(30)20-14-21(16-7-4-3-5-8-16)35-24(20)27-22(29)18-11-12-28(15-18)25(31)17-9-6-10-19(13-17)34(32)33/h3-10,13-14,18,32-33H,2,11-12,15H2,1H3,(H,26,30)(H,27,29). The van der Waals surface area contributed by atoms with Gasteiger partial charge in [0, 0.05) is 35.4 Å². The lowest BCUT2D eigenvalue weighted by Gasteiger charge is -2.17. The number of nitrogens with one attached hydrogen (secondary N) is 2. The Morgan fingerprint density at radius 3 is 2.57 bits per heavy atom. The van der Waals surface area contributed by atoms with Gasteiger partial charge in [-0.1, -0.05) is 36.4 Å². The number of rotatable bonds is 7. The first kappa shape index (κ1) is 25.0. The van der Waals surface area contributed by atoms with Gasteiger partial charge < -0.3 is 25.3 Å². The van der Waals surface area contributed by atoms with Crippen LogP contribution in [-0.4, -0.2) is 52.0 Å². The van der Waals surface area contributed by atoms with Crippen LogP contribution in [0, 0.1) is 5.92 Å². The van der Waals surface area contributed by atoms with Gasteiger partial charge in [0.15, 0.2) is 8.38 Å². The van der Waals surface area contributed by atoms with Crippen molar-refractivity contribution in [3.05, 3.63) is 71.8 Å². The molecule has 4 rings (SSSR count). The van der Waals surface area contributed by atoms with Crippen molar-refractivity contribution >= 4 is 47.7 Å². The number of thiophene rings is 1. The third-order valence-corrected chi connectivity index (χ3v) is 7.62. The minimum Gasteiger partial charge on any atom is -0.352 e. The molecule has 1 aromatic heterocycles. The molecule has 0 bridgehead atoms. The van der Waals surface area contributed by atoms with Crippen molar-refractivity contribution in [2.75, 3.05) is 25.0 Å². The quantitative estimate of drug-likeness (QED) is 0.364. The highest BCUT2D eigenvalue weighted by molar-refractivity contribution is 7.54. The molecular weight excluding hydrogens is 485 g/mol. The fourth-order valence-electron chi connectivity index (χ4n) is 3.97. The van der Waals surface area contributed by atoms with Crippen LogP contribution in [0.1, 0.15) is 34.1 Å². The number of amides is 3. The van der Waals surface area contributed by atoms with E-state index in [1.807, 2.05) is 37.3 Å². The summed E-state index contributed by atoms with van der Waals surface area (Å²) in [6.45, 7) is 2.97. The van der Waals surface area contributed by atoms with Crippen LogP contribution in [0.2, 0.25) is 0 Å². The molecule has 2 aromatic carbocycles. The lowest BCUT2D eigenvalue weighted by atomic mass is 10.1. The lowest BCUT2D eigenvalue weighted by Crippen LogP contribution is -2.32. The molecule has 8 nitrogen and oxygen atoms in total. The van der Waals surface area contributed by atoms with Crippen molar-refractivity contribution in [1.82, 2.24) is 10.2 Å². The molecule has 182 valence electrons. The molecule has 1 atom stereocenters. The van der Waals surface area contributed by atoms with E-state index in [4.69, 9.17) is 0 Å². The first-order valence-electron chi connectivity index (χ1n) is 11.2. The van der Waals surface area contributed by atoms with Crippen molar-refractivity contribution in [2.45, 2.75) is 13.3 Å². The van der Waals surface area contributed by atoms with E-state index < -0.39 is 14.3 Å². The molecule has 1 aliphatic heterocycles. The third-order valence-electron chi connectivity index (χ3n) is 5.78. The molecular formula is C25H26N3O5PS. The highest BCUT2D eigenvalue weighted by Crippen LogP contribution is 2.36. The van der Waals surface area contributed by atoms with Gasteiger partial charge in [0.25, 0.3) is 11.8 Å². The summed E-state index contributed by atoms with van der Waals surface area (Å²) in [6.07, 6.45) is 0.497. The highest BCUT2D eigenvalue weighted by atomic mass is 32.1. The normalized spacial score (nSPS) is 15.3. The van der Waals surface area contributed by atoms with Gasteiger partial charge in [0.1, 0.15) is 5.00 Å². The molecule has 10 heteroatoms. The van der Waals surface area contributed by atoms with Gasteiger partial charge >= 0.3 is 0 Å². The van der Waals surface area contributed by atoms with E-state index in [0.29, 0.717) is 40.9 Å². The van der Waals surface area contributed by atoms with Crippen molar-refractivity contribution in [2.24, 2.45) is 5.92 Å². The Labute approximate surface area is 208 Å². The molecule has 2 heterocycles. The average molecular weight is 512 g/mol. The van der Waals surface area contributed by atoms with Gasteiger partial charge in [-0.25, -0.2) is 0 Å². The minimum atomic E-state index is -2.29. The van der Waals surface area contributed by atoms with E-state index >= 15 is 0 Å². The third kappa shape index (κ3) is 5.77. The van der Waals surface area contributed by atoms with E-state index in [1.165, 1.54) is 17.4 Å². The maximum Gasteiger partial charge on any atom is 0.254 e. The van der Waals surface area contributed by atoms with Crippen LogP contribution in [0.3, 0.4) is 0 Å². The molecule has 4 N–H and O–H groups in total. The first-order chi connectivity index (χ1) is 16.9. The minimum absolute atomic E-state index is 0.240. The summed E-state index contributed by atoms with van der Waals surface area (Å²) >= 11 is 1.34. The number of carbonyl (C=O) groups is 3. The molecule has 3 aromatic rings. The summed E-state index contributed by atoms with van der Waals surface area (Å²) in [4.78, 5) is 60.0. The molecule has 35 heavy (non-hydrogen) atoms. The second-order valence-electron chi connectivity index (χ2n) is 8.14. The highest BCUT2D eigenvalue weighted by Gasteiger charge is 2.32. The zero-order valence-corrected chi connectivity index (χ0v) is 20.8. The predicted octanol–water partition coefficient (Wildman–Crippen LogP) is 3.19. The number of hydrogen-bond donors (Lipinski definition) is 4. The predicted molar refractivity (Wildman–Crippen MR) is 138 cm³/mol. The zero-order chi connectivity index (χ0) is 24.9. The maximum atomic E-state index is 13.1. The molecule has 0 aliphatic carbocycles. The van der Waals surface area contributed by atoms with E-state index in [2.05, 4.69) is 10.6 Å². The number of nitrogens with zero attached hydrogens (tertiary/aromatic N) is 1. The molecule has 1 unspecified atom stereocenters. The van der Waals surface area contributed by atoms with Gasteiger partial charge in [-0.3, -0.25) is 14.4 Å². The van der Waals surface area contributed by atoms with Crippen LogP contribution < -0.4 is 15.9 Å². The fraction of sp³-hybridized carbons (Fsp3) is 0.240. The summed E-state index contributed by atoms with van der Waals surface area (Å²) in [6, 6.07) is 17.7. The molecule has 0 saturated carbocycles. The van der Waals surface area contributed by atoms with Gasteiger partial charge in [0.05, 0.1) is 11.5 Å². The monoisotopic (exact) mass is 511 g/mol. The molecule has 1 aliphatic rings. The number of hydrogen-bond acceptors (Lipinski definition) is 6. The summed E-state index contributed by atoms with van der Waals surface area (Å²) in [5.41, 5.74) is 1.72. The van der Waals surface area contributed by atoms with E-state index in [9.17, 15) is 24.2 Å². The van der Waals surface area contributed by atoms with Gasteiger partial charge in [0.2, 0.25) is 5.91 Å². The topological polar surface area (TPSA) is 119 Å². The Bertz CT molecular complexity index is 1230. The van der Waals surface area contributed by atoms with Crippen LogP contribution >= 0.6 is 19.7 Å². The van der Waals surface area contributed by atoms with Crippen molar-refractivity contribution in [3.63, 3.8) is 0 Å². The van der Waals surface area contributed by atoms with Crippen molar-refractivity contribution in [1.29, 1.82) is 0 Å². The largest absolute Gasteiger partial charge is 0.352 e. The number of likely N-dealkylation sites (tertiary alicyclic amines) is 1. The van der Waals surface area contributed by atoms with Crippen molar-refractivity contribution < 1.29 is 24.2 Å². The average Bonchev–Trinajstić information content (AvgIpc) is 3.52. The summed E-state index contributed by atoms with van der Waals surface area (Å²) in [7, 11) is -2.29. The fourth-order valence-corrected chi connectivity index (χ4v) is 5.51. The first-order valence-corrected chi connectivity index (χ1v) is 13.3. The van der Waals surface area contributed by atoms with Gasteiger partial charge in [-0.15, -0.1) is 11.3 Å². The van der Waals surface area contributed by atoms with Crippen molar-refractivity contribution in [3.8, 4) is 10.4 Å². The van der Waals surface area contributed by atoms with Crippen LogP contribution in [0.5, 0.6) is 0 Å². The molecule has 1 fully saturated rings. The smallest absolute Gasteiger partial charge is 0.254 e. The van der Waals surface area contributed by atoms with Crippen LogP contribution in [0.4, 0.5) is 5.00 Å².